The van der Waals surface area contributed by atoms with Crippen molar-refractivity contribution in [3.8, 4) is 5.75 Å². The molecule has 0 aliphatic carbocycles. The van der Waals surface area contributed by atoms with Gasteiger partial charge < -0.3 is 10.1 Å². The number of halogens is 2. The van der Waals surface area contributed by atoms with Gasteiger partial charge in [-0.3, -0.25) is 4.79 Å². The van der Waals surface area contributed by atoms with Gasteiger partial charge in [0, 0.05) is 10.0 Å². The molecule has 1 N–H and O–H groups in total. The van der Waals surface area contributed by atoms with Crippen LogP contribution < -0.4 is 10.1 Å². The predicted octanol–water partition coefficient (Wildman–Crippen LogP) is 3.40. The highest BCUT2D eigenvalue weighted by Crippen LogP contribution is 2.11. The first-order chi connectivity index (χ1) is 9.65. The molecule has 1 amide bonds. The van der Waals surface area contributed by atoms with E-state index in [1.165, 1.54) is 12.1 Å². The molecule has 0 aromatic heterocycles. The van der Waals surface area contributed by atoms with E-state index in [-0.39, 0.29) is 11.7 Å². The topological polar surface area (TPSA) is 38.3 Å². The van der Waals surface area contributed by atoms with Crippen molar-refractivity contribution in [1.29, 1.82) is 0 Å². The number of ether oxygens (including phenoxy) is 1. The molecule has 104 valence electrons. The third kappa shape index (κ3) is 4.35. The Morgan fingerprint density at radius 3 is 2.40 bits per heavy atom. The summed E-state index contributed by atoms with van der Waals surface area (Å²) in [4.78, 5) is 11.8. The fourth-order valence-corrected chi connectivity index (χ4v) is 1.83. The summed E-state index contributed by atoms with van der Waals surface area (Å²) in [5.74, 6) is 0.116. The quantitative estimate of drug-likeness (QED) is 0.849. The predicted molar refractivity (Wildman–Crippen MR) is 78.4 cm³/mol. The monoisotopic (exact) mass is 337 g/mol. The van der Waals surface area contributed by atoms with Gasteiger partial charge in [0.1, 0.15) is 18.2 Å². The van der Waals surface area contributed by atoms with Gasteiger partial charge in [0.25, 0.3) is 5.91 Å². The summed E-state index contributed by atoms with van der Waals surface area (Å²) < 4.78 is 19.0. The van der Waals surface area contributed by atoms with E-state index in [2.05, 4.69) is 21.2 Å². The molecule has 20 heavy (non-hydrogen) atoms. The average Bonchev–Trinajstić information content (AvgIpc) is 2.46. The van der Waals surface area contributed by atoms with Crippen LogP contribution in [0.25, 0.3) is 0 Å². The van der Waals surface area contributed by atoms with E-state index in [0.717, 1.165) is 4.47 Å². The normalized spacial score (nSPS) is 10.1. The van der Waals surface area contributed by atoms with E-state index < -0.39 is 0 Å². The number of carbonyl (C=O) groups excluding carboxylic acids is 1. The second-order valence-corrected chi connectivity index (χ2v) is 4.98. The summed E-state index contributed by atoms with van der Waals surface area (Å²) in [7, 11) is 0. The molecule has 3 nitrogen and oxygen atoms in total. The molecule has 0 heterocycles. The molecule has 2 rings (SSSR count). The van der Waals surface area contributed by atoms with Gasteiger partial charge in [-0.05, 0) is 48.5 Å². The second-order valence-electron chi connectivity index (χ2n) is 4.07. The highest BCUT2D eigenvalue weighted by atomic mass is 79.9. The molecule has 0 spiro atoms. The van der Waals surface area contributed by atoms with Crippen LogP contribution in [0, 0.1) is 5.82 Å². The van der Waals surface area contributed by atoms with E-state index in [9.17, 15) is 9.18 Å². The van der Waals surface area contributed by atoms with E-state index in [1.54, 1.807) is 24.3 Å². The minimum atomic E-state index is -0.305. The van der Waals surface area contributed by atoms with Crippen LogP contribution in [0.5, 0.6) is 5.75 Å². The zero-order valence-electron chi connectivity index (χ0n) is 10.6. The summed E-state index contributed by atoms with van der Waals surface area (Å²) in [6.45, 7) is 0.709. The Hall–Kier alpha value is -1.88. The van der Waals surface area contributed by atoms with Gasteiger partial charge >= 0.3 is 0 Å². The number of hydrogen-bond donors (Lipinski definition) is 1. The molecule has 0 fully saturated rings. The molecule has 0 bridgehead atoms. The van der Waals surface area contributed by atoms with Gasteiger partial charge in [-0.2, -0.15) is 0 Å². The fraction of sp³-hybridized carbons (Fsp3) is 0.133. The van der Waals surface area contributed by atoms with Gasteiger partial charge in [0.15, 0.2) is 0 Å². The highest BCUT2D eigenvalue weighted by Gasteiger charge is 2.04. The molecule has 0 aliphatic heterocycles. The summed E-state index contributed by atoms with van der Waals surface area (Å²) >= 11 is 3.31. The molecule has 0 radical (unpaired) electrons. The number of carbonyl (C=O) groups is 1. The molecule has 0 unspecified atom stereocenters. The van der Waals surface area contributed by atoms with Crippen molar-refractivity contribution in [2.24, 2.45) is 0 Å². The molecule has 0 saturated carbocycles. The van der Waals surface area contributed by atoms with Crippen LogP contribution in [-0.4, -0.2) is 19.1 Å². The first kappa shape index (κ1) is 14.5. The lowest BCUT2D eigenvalue weighted by atomic mass is 10.2. The standard InChI is InChI=1S/C15H13BrFNO2/c16-12-3-1-11(2-4-12)15(19)18-9-10-20-14-7-5-13(17)6-8-14/h1-8H,9-10H2,(H,18,19). The summed E-state index contributed by atoms with van der Waals surface area (Å²) in [6, 6.07) is 12.8. The maximum atomic E-state index is 12.7. The highest BCUT2D eigenvalue weighted by molar-refractivity contribution is 9.10. The molecular weight excluding hydrogens is 325 g/mol. The lowest BCUT2D eigenvalue weighted by molar-refractivity contribution is 0.0947. The number of hydrogen-bond acceptors (Lipinski definition) is 2. The first-order valence-corrected chi connectivity index (χ1v) is 6.86. The third-order valence-corrected chi connectivity index (χ3v) is 3.11. The smallest absolute Gasteiger partial charge is 0.251 e. The Labute approximate surface area is 124 Å². The van der Waals surface area contributed by atoms with Crippen LogP contribution >= 0.6 is 15.9 Å². The Balaban J connectivity index is 1.74. The van der Waals surface area contributed by atoms with Crippen molar-refractivity contribution in [1.82, 2.24) is 5.32 Å². The molecule has 2 aromatic carbocycles. The van der Waals surface area contributed by atoms with Crippen molar-refractivity contribution >= 4 is 21.8 Å². The lowest BCUT2D eigenvalue weighted by Crippen LogP contribution is -2.28. The Morgan fingerprint density at radius 2 is 1.75 bits per heavy atom. The van der Waals surface area contributed by atoms with E-state index >= 15 is 0 Å². The Morgan fingerprint density at radius 1 is 1.10 bits per heavy atom. The van der Waals surface area contributed by atoms with E-state index in [1.807, 2.05) is 12.1 Å². The maximum Gasteiger partial charge on any atom is 0.251 e. The average molecular weight is 338 g/mol. The van der Waals surface area contributed by atoms with Crippen LogP contribution in [0.1, 0.15) is 10.4 Å². The zero-order chi connectivity index (χ0) is 14.4. The molecular formula is C15H13BrFNO2. The van der Waals surface area contributed by atoms with Gasteiger partial charge in [-0.1, -0.05) is 15.9 Å². The molecule has 0 atom stereocenters. The van der Waals surface area contributed by atoms with Crippen molar-refractivity contribution < 1.29 is 13.9 Å². The Bertz CT molecular complexity index is 569. The van der Waals surface area contributed by atoms with Gasteiger partial charge in [0.05, 0.1) is 6.54 Å². The van der Waals surface area contributed by atoms with Crippen LogP contribution in [0.3, 0.4) is 0 Å². The van der Waals surface area contributed by atoms with Crippen molar-refractivity contribution in [2.75, 3.05) is 13.2 Å². The van der Waals surface area contributed by atoms with Crippen LogP contribution in [0.4, 0.5) is 4.39 Å². The SMILES string of the molecule is O=C(NCCOc1ccc(F)cc1)c1ccc(Br)cc1. The third-order valence-electron chi connectivity index (χ3n) is 2.58. The number of rotatable bonds is 5. The van der Waals surface area contributed by atoms with Gasteiger partial charge in [0.2, 0.25) is 0 Å². The van der Waals surface area contributed by atoms with E-state index in [4.69, 9.17) is 4.74 Å². The van der Waals surface area contributed by atoms with Gasteiger partial charge in [-0.15, -0.1) is 0 Å². The lowest BCUT2D eigenvalue weighted by Gasteiger charge is -2.07. The largest absolute Gasteiger partial charge is 0.492 e. The van der Waals surface area contributed by atoms with Crippen molar-refractivity contribution in [3.05, 3.63) is 64.4 Å². The summed E-state index contributed by atoms with van der Waals surface area (Å²) in [6.07, 6.45) is 0. The van der Waals surface area contributed by atoms with Crippen LogP contribution in [0.15, 0.2) is 53.0 Å². The first-order valence-electron chi connectivity index (χ1n) is 6.07. The summed E-state index contributed by atoms with van der Waals surface area (Å²) in [5, 5.41) is 2.75. The Kier molecular flexibility index (Phi) is 5.12. The molecule has 5 heteroatoms. The van der Waals surface area contributed by atoms with Crippen LogP contribution in [-0.2, 0) is 0 Å². The van der Waals surface area contributed by atoms with Gasteiger partial charge in [-0.25, -0.2) is 4.39 Å². The minimum absolute atomic E-state index is 0.153. The van der Waals surface area contributed by atoms with E-state index in [0.29, 0.717) is 24.5 Å². The molecule has 0 aliphatic rings. The molecule has 0 saturated heterocycles. The zero-order valence-corrected chi connectivity index (χ0v) is 12.2. The van der Waals surface area contributed by atoms with Crippen LogP contribution in [0.2, 0.25) is 0 Å². The van der Waals surface area contributed by atoms with Crippen molar-refractivity contribution in [3.63, 3.8) is 0 Å². The fourth-order valence-electron chi connectivity index (χ4n) is 1.57. The number of benzene rings is 2. The number of nitrogens with one attached hydrogen (secondary N) is 1. The second kappa shape index (κ2) is 7.05. The molecule has 2 aromatic rings. The number of amides is 1. The van der Waals surface area contributed by atoms with Crippen molar-refractivity contribution in [2.45, 2.75) is 0 Å². The maximum absolute atomic E-state index is 12.7. The minimum Gasteiger partial charge on any atom is -0.492 e. The summed E-state index contributed by atoms with van der Waals surface area (Å²) in [5.41, 5.74) is 0.593.